The Labute approximate surface area is 125 Å². The van der Waals surface area contributed by atoms with Crippen LogP contribution in [0.4, 0.5) is 0 Å². The molecule has 0 aliphatic rings. The van der Waals surface area contributed by atoms with Gasteiger partial charge in [-0.2, -0.15) is 0 Å². The number of ether oxygens (including phenoxy) is 2. The van der Waals surface area contributed by atoms with Crippen LogP contribution in [0.3, 0.4) is 0 Å². The molecular formula is C10H14ClN3O4S2. The van der Waals surface area contributed by atoms with Crippen molar-refractivity contribution in [2.45, 2.75) is 11.1 Å². The lowest BCUT2D eigenvalue weighted by Gasteiger charge is -2.14. The minimum absolute atomic E-state index is 0.0509. The SMILES string of the molecule is COCC(CNS(=O)(=O)c1c(Cl)nc2sccn12)OC. The Morgan fingerprint density at radius 3 is 2.95 bits per heavy atom. The smallest absolute Gasteiger partial charge is 0.259 e. The van der Waals surface area contributed by atoms with Gasteiger partial charge in [0.2, 0.25) is 0 Å². The van der Waals surface area contributed by atoms with Gasteiger partial charge in [-0.25, -0.2) is 18.1 Å². The zero-order chi connectivity index (χ0) is 14.8. The normalized spacial score (nSPS) is 13.9. The average Bonchev–Trinajstić information content (AvgIpc) is 2.93. The van der Waals surface area contributed by atoms with Gasteiger partial charge >= 0.3 is 0 Å². The molecule has 112 valence electrons. The average molecular weight is 340 g/mol. The van der Waals surface area contributed by atoms with E-state index in [1.165, 1.54) is 30.0 Å². The highest BCUT2D eigenvalue weighted by molar-refractivity contribution is 7.89. The van der Waals surface area contributed by atoms with E-state index in [2.05, 4.69) is 9.71 Å². The first-order chi connectivity index (χ1) is 9.49. The summed E-state index contributed by atoms with van der Waals surface area (Å²) < 4.78 is 38.5. The van der Waals surface area contributed by atoms with Gasteiger partial charge in [-0.3, -0.25) is 4.40 Å². The first kappa shape index (κ1) is 15.7. The zero-order valence-electron chi connectivity index (χ0n) is 10.9. The Kier molecular flexibility index (Phi) is 4.99. The number of nitrogens with one attached hydrogen (secondary N) is 1. The third-order valence-corrected chi connectivity index (χ3v) is 5.20. The molecule has 2 aromatic rings. The van der Waals surface area contributed by atoms with Crippen molar-refractivity contribution >= 4 is 37.9 Å². The molecule has 20 heavy (non-hydrogen) atoms. The number of rotatable bonds is 7. The molecule has 7 nitrogen and oxygen atoms in total. The zero-order valence-corrected chi connectivity index (χ0v) is 13.3. The van der Waals surface area contributed by atoms with Crippen LogP contribution in [0.5, 0.6) is 0 Å². The molecule has 0 aliphatic heterocycles. The monoisotopic (exact) mass is 339 g/mol. The lowest BCUT2D eigenvalue weighted by Crippen LogP contribution is -2.36. The maximum Gasteiger partial charge on any atom is 0.259 e. The molecule has 0 aliphatic carbocycles. The summed E-state index contributed by atoms with van der Waals surface area (Å²) in [6, 6.07) is 0. The summed E-state index contributed by atoms with van der Waals surface area (Å²) in [5.41, 5.74) is 0. The first-order valence-corrected chi connectivity index (χ1v) is 8.36. The van der Waals surface area contributed by atoms with Crippen LogP contribution in [0.15, 0.2) is 16.6 Å². The van der Waals surface area contributed by atoms with Crippen molar-refractivity contribution < 1.29 is 17.9 Å². The van der Waals surface area contributed by atoms with Crippen molar-refractivity contribution in [2.24, 2.45) is 0 Å². The molecule has 0 fully saturated rings. The summed E-state index contributed by atoms with van der Waals surface area (Å²) in [4.78, 5) is 4.52. The van der Waals surface area contributed by atoms with Gasteiger partial charge < -0.3 is 9.47 Å². The molecule has 1 N–H and O–H groups in total. The summed E-state index contributed by atoms with van der Waals surface area (Å²) in [7, 11) is -0.774. The summed E-state index contributed by atoms with van der Waals surface area (Å²) in [5.74, 6) is 0. The number of thiazole rings is 1. The summed E-state index contributed by atoms with van der Waals surface area (Å²) in [6.07, 6.45) is 1.23. The van der Waals surface area contributed by atoms with Crippen molar-refractivity contribution in [3.63, 3.8) is 0 Å². The second-order valence-electron chi connectivity index (χ2n) is 3.93. The van der Waals surface area contributed by atoms with E-state index in [1.54, 1.807) is 11.6 Å². The predicted molar refractivity (Wildman–Crippen MR) is 75.9 cm³/mol. The summed E-state index contributed by atoms with van der Waals surface area (Å²) in [6.45, 7) is 0.368. The van der Waals surface area contributed by atoms with Crippen LogP contribution in [0, 0.1) is 0 Å². The largest absolute Gasteiger partial charge is 0.382 e. The molecule has 2 aromatic heterocycles. The Morgan fingerprint density at radius 1 is 1.55 bits per heavy atom. The van der Waals surface area contributed by atoms with Crippen LogP contribution in [-0.2, 0) is 19.5 Å². The molecule has 0 amide bonds. The standard InChI is InChI=1S/C10H14ClN3O4S2/c1-17-6-7(18-2)5-12-20(15,16)9-8(11)13-10-14(9)3-4-19-10/h3-4,7,12H,5-6H2,1-2H3. The molecule has 0 radical (unpaired) electrons. The second-order valence-corrected chi connectivity index (χ2v) is 6.84. The number of methoxy groups -OCH3 is 2. The molecule has 1 unspecified atom stereocenters. The van der Waals surface area contributed by atoms with Gasteiger partial charge in [0.15, 0.2) is 15.1 Å². The van der Waals surface area contributed by atoms with Crippen molar-refractivity contribution in [2.75, 3.05) is 27.4 Å². The molecule has 0 spiro atoms. The Bertz CT molecular complexity index is 682. The van der Waals surface area contributed by atoms with E-state index in [0.29, 0.717) is 4.96 Å². The molecule has 0 aromatic carbocycles. The van der Waals surface area contributed by atoms with Gasteiger partial charge in [-0.15, -0.1) is 11.3 Å². The van der Waals surface area contributed by atoms with Crippen LogP contribution in [0.1, 0.15) is 0 Å². The topological polar surface area (TPSA) is 81.9 Å². The molecular weight excluding hydrogens is 326 g/mol. The van der Waals surface area contributed by atoms with Crippen molar-refractivity contribution in [3.05, 3.63) is 16.7 Å². The van der Waals surface area contributed by atoms with E-state index in [1.807, 2.05) is 0 Å². The van der Waals surface area contributed by atoms with Crippen LogP contribution < -0.4 is 4.72 Å². The summed E-state index contributed by atoms with van der Waals surface area (Å²) >= 11 is 7.21. The number of sulfonamides is 1. The van der Waals surface area contributed by atoms with Crippen LogP contribution >= 0.6 is 22.9 Å². The van der Waals surface area contributed by atoms with Gasteiger partial charge in [-0.1, -0.05) is 11.6 Å². The van der Waals surface area contributed by atoms with E-state index in [0.717, 1.165) is 0 Å². The number of hydrogen-bond donors (Lipinski definition) is 1. The molecule has 0 saturated heterocycles. The van der Waals surface area contributed by atoms with Gasteiger partial charge in [0.25, 0.3) is 10.0 Å². The maximum absolute atomic E-state index is 12.3. The number of fused-ring (bicyclic) bond motifs is 1. The summed E-state index contributed by atoms with van der Waals surface area (Å²) in [5, 5.41) is 1.62. The van der Waals surface area contributed by atoms with Crippen molar-refractivity contribution in [3.8, 4) is 0 Å². The number of nitrogens with zero attached hydrogens (tertiary/aromatic N) is 2. The van der Waals surface area contributed by atoms with Crippen LogP contribution in [0.25, 0.3) is 4.96 Å². The Balaban J connectivity index is 2.22. The number of hydrogen-bond acceptors (Lipinski definition) is 6. The lowest BCUT2D eigenvalue weighted by molar-refractivity contribution is 0.0320. The minimum Gasteiger partial charge on any atom is -0.382 e. The quantitative estimate of drug-likeness (QED) is 0.813. The van der Waals surface area contributed by atoms with E-state index < -0.39 is 10.0 Å². The molecule has 10 heteroatoms. The number of halogens is 1. The molecule has 1 atom stereocenters. The highest BCUT2D eigenvalue weighted by Crippen LogP contribution is 2.25. The molecule has 0 saturated carbocycles. The third-order valence-electron chi connectivity index (χ3n) is 2.62. The molecule has 0 bridgehead atoms. The van der Waals surface area contributed by atoms with E-state index in [4.69, 9.17) is 21.1 Å². The molecule has 2 heterocycles. The van der Waals surface area contributed by atoms with Crippen LogP contribution in [-0.4, -0.2) is 51.3 Å². The first-order valence-electron chi connectivity index (χ1n) is 5.62. The number of imidazole rings is 1. The molecule has 2 rings (SSSR count). The fourth-order valence-corrected chi connectivity index (χ4v) is 4.16. The van der Waals surface area contributed by atoms with Gasteiger partial charge in [0, 0.05) is 32.3 Å². The van der Waals surface area contributed by atoms with Gasteiger partial charge in [-0.05, 0) is 0 Å². The maximum atomic E-state index is 12.3. The minimum atomic E-state index is -3.78. The fourth-order valence-electron chi connectivity index (χ4n) is 1.65. The highest BCUT2D eigenvalue weighted by Gasteiger charge is 2.25. The lowest BCUT2D eigenvalue weighted by atomic mass is 10.4. The third kappa shape index (κ3) is 3.13. The van der Waals surface area contributed by atoms with E-state index in [-0.39, 0.29) is 29.4 Å². The Hall–Kier alpha value is -0.710. The van der Waals surface area contributed by atoms with Crippen molar-refractivity contribution in [1.29, 1.82) is 0 Å². The van der Waals surface area contributed by atoms with Crippen LogP contribution in [0.2, 0.25) is 5.15 Å². The van der Waals surface area contributed by atoms with Crippen molar-refractivity contribution in [1.82, 2.24) is 14.1 Å². The fraction of sp³-hybridized carbons (Fsp3) is 0.500. The second kappa shape index (κ2) is 6.37. The number of aromatic nitrogens is 2. The van der Waals surface area contributed by atoms with E-state index in [9.17, 15) is 8.42 Å². The Morgan fingerprint density at radius 2 is 2.30 bits per heavy atom. The van der Waals surface area contributed by atoms with Gasteiger partial charge in [0.1, 0.15) is 0 Å². The predicted octanol–water partition coefficient (Wildman–Crippen LogP) is 0.989. The van der Waals surface area contributed by atoms with Gasteiger partial charge in [0.05, 0.1) is 12.7 Å². The highest BCUT2D eigenvalue weighted by atomic mass is 35.5. The van der Waals surface area contributed by atoms with E-state index >= 15 is 0 Å².